The number of benzene rings is 1. The molecule has 3 rings (SSSR count). The lowest BCUT2D eigenvalue weighted by Crippen LogP contribution is -2.28. The van der Waals surface area contributed by atoms with Gasteiger partial charge in [0.25, 0.3) is 0 Å². The van der Waals surface area contributed by atoms with Crippen LogP contribution in [0.15, 0.2) is 30.3 Å². The second kappa shape index (κ2) is 4.38. The molecule has 2 heterocycles. The van der Waals surface area contributed by atoms with Crippen LogP contribution in [0, 0.1) is 0 Å². The zero-order valence-electron chi connectivity index (χ0n) is 10.4. The number of hydrogen-bond donors (Lipinski definition) is 1. The normalized spacial score (nSPS) is 15.4. The summed E-state index contributed by atoms with van der Waals surface area (Å²) < 4.78 is 0. The van der Waals surface area contributed by atoms with Crippen LogP contribution < -0.4 is 5.73 Å². The van der Waals surface area contributed by atoms with Gasteiger partial charge in [0.05, 0.1) is 5.69 Å². The number of anilines is 1. The van der Waals surface area contributed by atoms with Crippen LogP contribution >= 0.6 is 0 Å². The lowest BCUT2D eigenvalue weighted by atomic mass is 10.1. The van der Waals surface area contributed by atoms with Crippen LogP contribution in [0.5, 0.6) is 0 Å². The van der Waals surface area contributed by atoms with Gasteiger partial charge in [-0.05, 0) is 13.5 Å². The summed E-state index contributed by atoms with van der Waals surface area (Å²) in [5.41, 5.74) is 9.25. The van der Waals surface area contributed by atoms with E-state index in [-0.39, 0.29) is 0 Å². The second-order valence-corrected chi connectivity index (χ2v) is 4.71. The van der Waals surface area contributed by atoms with Crippen LogP contribution in [0.25, 0.3) is 11.4 Å². The van der Waals surface area contributed by atoms with Gasteiger partial charge in [0, 0.05) is 24.2 Å². The molecule has 18 heavy (non-hydrogen) atoms. The molecule has 4 heteroatoms. The number of rotatable bonds is 1. The van der Waals surface area contributed by atoms with E-state index in [9.17, 15) is 0 Å². The fourth-order valence-electron chi connectivity index (χ4n) is 2.31. The molecule has 4 nitrogen and oxygen atoms in total. The Morgan fingerprint density at radius 1 is 1.17 bits per heavy atom. The van der Waals surface area contributed by atoms with E-state index in [2.05, 4.69) is 21.9 Å². The van der Waals surface area contributed by atoms with Gasteiger partial charge in [0.1, 0.15) is 5.82 Å². The molecule has 2 N–H and O–H groups in total. The fourth-order valence-corrected chi connectivity index (χ4v) is 2.31. The molecule has 0 unspecified atom stereocenters. The lowest BCUT2D eigenvalue weighted by Gasteiger charge is -2.25. The van der Waals surface area contributed by atoms with Crippen molar-refractivity contribution in [2.75, 3.05) is 19.3 Å². The molecule has 0 saturated carbocycles. The van der Waals surface area contributed by atoms with E-state index in [1.807, 2.05) is 30.3 Å². The smallest absolute Gasteiger partial charge is 0.161 e. The fraction of sp³-hybridized carbons (Fsp3) is 0.286. The minimum absolute atomic E-state index is 0.631. The second-order valence-electron chi connectivity index (χ2n) is 4.71. The maximum absolute atomic E-state index is 6.06. The Kier molecular flexibility index (Phi) is 2.72. The van der Waals surface area contributed by atoms with Gasteiger partial charge in [-0.3, -0.25) is 0 Å². The van der Waals surface area contributed by atoms with Crippen molar-refractivity contribution in [1.29, 1.82) is 0 Å². The summed E-state index contributed by atoms with van der Waals surface area (Å²) >= 11 is 0. The summed E-state index contributed by atoms with van der Waals surface area (Å²) in [6, 6.07) is 9.97. The van der Waals surface area contributed by atoms with E-state index in [1.165, 1.54) is 0 Å². The molecule has 0 aliphatic carbocycles. The first-order valence-electron chi connectivity index (χ1n) is 6.13. The van der Waals surface area contributed by atoms with Crippen LogP contribution in [0.1, 0.15) is 11.3 Å². The number of nitrogens with two attached hydrogens (primary N) is 1. The summed E-state index contributed by atoms with van der Waals surface area (Å²) in [5.74, 6) is 1.36. The molecule has 0 atom stereocenters. The summed E-state index contributed by atoms with van der Waals surface area (Å²) in [6.45, 7) is 1.87. The highest BCUT2D eigenvalue weighted by molar-refractivity contribution is 5.59. The Balaban J connectivity index is 2.08. The SMILES string of the molecule is CN1CCc2c(N)nc(-c3ccccc3)nc2C1. The molecular formula is C14H16N4. The van der Waals surface area contributed by atoms with Gasteiger partial charge >= 0.3 is 0 Å². The Bertz CT molecular complexity index is 566. The van der Waals surface area contributed by atoms with Crippen LogP contribution in [0.3, 0.4) is 0 Å². The van der Waals surface area contributed by atoms with Crippen molar-refractivity contribution >= 4 is 5.82 Å². The highest BCUT2D eigenvalue weighted by Crippen LogP contribution is 2.24. The maximum Gasteiger partial charge on any atom is 0.161 e. The van der Waals surface area contributed by atoms with Crippen molar-refractivity contribution in [3.63, 3.8) is 0 Å². The maximum atomic E-state index is 6.06. The molecule has 0 bridgehead atoms. The number of nitrogen functional groups attached to an aromatic ring is 1. The Labute approximate surface area is 106 Å². The van der Waals surface area contributed by atoms with Crippen LogP contribution in [-0.2, 0) is 13.0 Å². The van der Waals surface area contributed by atoms with Gasteiger partial charge in [-0.25, -0.2) is 9.97 Å². The van der Waals surface area contributed by atoms with Crippen molar-refractivity contribution in [2.24, 2.45) is 0 Å². The van der Waals surface area contributed by atoms with Gasteiger partial charge in [-0.2, -0.15) is 0 Å². The molecule has 1 aliphatic rings. The Hall–Kier alpha value is -1.94. The Morgan fingerprint density at radius 2 is 1.94 bits per heavy atom. The summed E-state index contributed by atoms with van der Waals surface area (Å²) in [7, 11) is 2.10. The van der Waals surface area contributed by atoms with E-state index < -0.39 is 0 Å². The number of likely N-dealkylation sites (N-methyl/N-ethyl adjacent to an activating group) is 1. The Morgan fingerprint density at radius 3 is 2.72 bits per heavy atom. The predicted octanol–water partition coefficient (Wildman–Crippen LogP) is 1.71. The van der Waals surface area contributed by atoms with Crippen LogP contribution in [-0.4, -0.2) is 28.5 Å². The van der Waals surface area contributed by atoms with Crippen molar-refractivity contribution < 1.29 is 0 Å². The lowest BCUT2D eigenvalue weighted by molar-refractivity contribution is 0.307. The third-order valence-electron chi connectivity index (χ3n) is 3.32. The van der Waals surface area contributed by atoms with Gasteiger partial charge in [0.15, 0.2) is 5.82 Å². The first-order chi connectivity index (χ1) is 8.74. The molecule has 0 amide bonds. The van der Waals surface area contributed by atoms with Crippen molar-refractivity contribution in [2.45, 2.75) is 13.0 Å². The third kappa shape index (κ3) is 1.95. The van der Waals surface area contributed by atoms with Crippen molar-refractivity contribution in [3.8, 4) is 11.4 Å². The number of nitrogens with zero attached hydrogens (tertiary/aromatic N) is 3. The third-order valence-corrected chi connectivity index (χ3v) is 3.32. The topological polar surface area (TPSA) is 55.0 Å². The molecule has 0 saturated heterocycles. The molecule has 0 radical (unpaired) electrons. The van der Waals surface area contributed by atoms with E-state index in [0.29, 0.717) is 5.82 Å². The molecule has 0 fully saturated rings. The highest BCUT2D eigenvalue weighted by Gasteiger charge is 2.19. The molecule has 1 aromatic carbocycles. The van der Waals surface area contributed by atoms with Crippen molar-refractivity contribution in [1.82, 2.24) is 14.9 Å². The number of aromatic nitrogens is 2. The number of hydrogen-bond acceptors (Lipinski definition) is 4. The van der Waals surface area contributed by atoms with Gasteiger partial charge in [0.2, 0.25) is 0 Å². The van der Waals surface area contributed by atoms with Crippen molar-refractivity contribution in [3.05, 3.63) is 41.6 Å². The molecule has 1 aromatic heterocycles. The quantitative estimate of drug-likeness (QED) is 0.824. The molecule has 2 aromatic rings. The van der Waals surface area contributed by atoms with E-state index in [0.717, 1.165) is 42.2 Å². The standard InChI is InChI=1S/C14H16N4/c1-18-8-7-11-12(9-18)16-14(17-13(11)15)10-5-3-2-4-6-10/h2-6H,7-9H2,1H3,(H2,15,16,17). The summed E-state index contributed by atoms with van der Waals surface area (Å²) in [6.07, 6.45) is 0.937. The molecule has 92 valence electrons. The minimum Gasteiger partial charge on any atom is -0.383 e. The first kappa shape index (κ1) is 11.2. The molecule has 1 aliphatic heterocycles. The highest BCUT2D eigenvalue weighted by atomic mass is 15.1. The largest absolute Gasteiger partial charge is 0.383 e. The number of fused-ring (bicyclic) bond motifs is 1. The summed E-state index contributed by atoms with van der Waals surface area (Å²) in [4.78, 5) is 11.3. The monoisotopic (exact) mass is 240 g/mol. The zero-order valence-corrected chi connectivity index (χ0v) is 10.4. The first-order valence-corrected chi connectivity index (χ1v) is 6.13. The van der Waals surface area contributed by atoms with E-state index in [1.54, 1.807) is 0 Å². The van der Waals surface area contributed by atoms with Gasteiger partial charge < -0.3 is 10.6 Å². The van der Waals surface area contributed by atoms with E-state index in [4.69, 9.17) is 5.73 Å². The van der Waals surface area contributed by atoms with Gasteiger partial charge in [-0.1, -0.05) is 30.3 Å². The summed E-state index contributed by atoms with van der Waals surface area (Å²) in [5, 5.41) is 0. The predicted molar refractivity (Wildman–Crippen MR) is 71.9 cm³/mol. The average molecular weight is 240 g/mol. The van der Waals surface area contributed by atoms with E-state index >= 15 is 0 Å². The van der Waals surface area contributed by atoms with Crippen LogP contribution in [0.4, 0.5) is 5.82 Å². The average Bonchev–Trinajstić information content (AvgIpc) is 2.39. The van der Waals surface area contributed by atoms with Crippen LogP contribution in [0.2, 0.25) is 0 Å². The zero-order chi connectivity index (χ0) is 12.5. The molecule has 0 spiro atoms. The van der Waals surface area contributed by atoms with Gasteiger partial charge in [-0.15, -0.1) is 0 Å². The minimum atomic E-state index is 0.631. The molecular weight excluding hydrogens is 224 g/mol.